The second-order valence-corrected chi connectivity index (χ2v) is 1.41. The number of carbonyl (C=O) groups excluding carboxylic acids is 1. The Kier molecular flexibility index (Phi) is 13.1. The van der Waals surface area contributed by atoms with Crippen LogP contribution in [0.1, 0.15) is 13.3 Å². The van der Waals surface area contributed by atoms with E-state index in [1.54, 1.807) is 10.9 Å². The highest BCUT2D eigenvalue weighted by Crippen LogP contribution is 1.57. The van der Waals surface area contributed by atoms with Crippen LogP contribution in [0.4, 0.5) is 4.79 Å². The molecule has 6 nitrogen and oxygen atoms in total. The van der Waals surface area contributed by atoms with Crippen molar-refractivity contribution >= 4 is 6.03 Å². The van der Waals surface area contributed by atoms with Crippen LogP contribution in [0.15, 0.2) is 0 Å². The minimum Gasteiger partial charge on any atom is -0.330 e. The first kappa shape index (κ1) is 11.9. The van der Waals surface area contributed by atoms with Crippen molar-refractivity contribution in [2.75, 3.05) is 6.54 Å². The molecule has 62 valence electrons. The molecule has 0 unspecified atom stereocenters. The molecule has 0 bridgehead atoms. The lowest BCUT2D eigenvalue weighted by Crippen LogP contribution is -2.43. The van der Waals surface area contributed by atoms with Crippen molar-refractivity contribution < 1.29 is 4.79 Å². The van der Waals surface area contributed by atoms with Crippen LogP contribution in [0.5, 0.6) is 0 Å². The second kappa shape index (κ2) is 11.0. The van der Waals surface area contributed by atoms with Gasteiger partial charge in [0, 0.05) is 0 Å². The van der Waals surface area contributed by atoms with Crippen molar-refractivity contribution in [1.82, 2.24) is 10.9 Å². The van der Waals surface area contributed by atoms with Gasteiger partial charge in [0.15, 0.2) is 0 Å². The smallest absolute Gasteiger partial charge is 0.330 e. The quantitative estimate of drug-likeness (QED) is 0.175. The molecule has 0 aliphatic carbocycles. The predicted octanol–water partition coefficient (Wildman–Crippen LogP) is -1.61. The maximum absolute atomic E-state index is 9.71. The summed E-state index contributed by atoms with van der Waals surface area (Å²) >= 11 is 0. The third kappa shape index (κ3) is 15.7. The van der Waals surface area contributed by atoms with E-state index in [0.717, 1.165) is 13.0 Å². The van der Waals surface area contributed by atoms with E-state index >= 15 is 0 Å². The largest absolute Gasteiger partial charge is 0.343 e. The van der Waals surface area contributed by atoms with E-state index in [4.69, 9.17) is 5.73 Å². The molecule has 0 saturated carbocycles. The number of hydrogen-bond donors (Lipinski definition) is 5. The fraction of sp³-hybridized carbons (Fsp3) is 0.750. The normalized spacial score (nSPS) is 7.20. The molecule has 10 heavy (non-hydrogen) atoms. The van der Waals surface area contributed by atoms with E-state index in [2.05, 4.69) is 18.6 Å². The first-order chi connectivity index (χ1) is 4.72. The maximum atomic E-state index is 9.71. The number of carbonyl (C=O) groups is 1. The Morgan fingerprint density at radius 2 is 1.70 bits per heavy atom. The predicted molar refractivity (Wildman–Crippen MR) is 39.4 cm³/mol. The second-order valence-electron chi connectivity index (χ2n) is 1.41. The fourth-order valence-corrected chi connectivity index (χ4v) is 0.0417. The molecule has 0 radical (unpaired) electrons. The standard InChI is InChI=1S/C3H9N.CH6N4O/c1-2-3-4;2-4-1(6)5-3/h2-4H2,1H3;2-3H2,(H2,4,5,6). The summed E-state index contributed by atoms with van der Waals surface area (Å²) in [6, 6.07) is -0.602. The number of urea groups is 1. The van der Waals surface area contributed by atoms with Gasteiger partial charge in [0.2, 0.25) is 0 Å². The lowest BCUT2D eigenvalue weighted by Gasteiger charge is -1.90. The van der Waals surface area contributed by atoms with Crippen LogP contribution in [-0.4, -0.2) is 12.6 Å². The average Bonchev–Trinajstić information content (AvgIpc) is 2.03. The molecule has 0 atom stereocenters. The molecule has 8 N–H and O–H groups in total. The molecule has 0 aliphatic rings. The van der Waals surface area contributed by atoms with Crippen LogP contribution < -0.4 is 28.3 Å². The van der Waals surface area contributed by atoms with Gasteiger partial charge in [0.1, 0.15) is 0 Å². The van der Waals surface area contributed by atoms with Crippen LogP contribution in [-0.2, 0) is 0 Å². The third-order valence-corrected chi connectivity index (χ3v) is 0.551. The monoisotopic (exact) mass is 149 g/mol. The SMILES string of the molecule is CCCN.NNC(=O)NN. The molecule has 0 fully saturated rings. The zero-order valence-electron chi connectivity index (χ0n) is 6.05. The molecule has 0 heterocycles. The van der Waals surface area contributed by atoms with Gasteiger partial charge in [-0.15, -0.1) is 0 Å². The first-order valence-corrected chi connectivity index (χ1v) is 2.90. The van der Waals surface area contributed by atoms with Gasteiger partial charge in [0.05, 0.1) is 0 Å². The van der Waals surface area contributed by atoms with Crippen LogP contribution in [0.2, 0.25) is 0 Å². The van der Waals surface area contributed by atoms with Crippen LogP contribution in [0, 0.1) is 0 Å². The van der Waals surface area contributed by atoms with Gasteiger partial charge in [-0.05, 0) is 13.0 Å². The molecule has 2 amide bonds. The molecule has 0 aliphatic heterocycles. The number of amides is 2. The number of hydrazine groups is 2. The molecule has 0 aromatic heterocycles. The average molecular weight is 149 g/mol. The summed E-state index contributed by atoms with van der Waals surface area (Å²) in [6.45, 7) is 2.88. The number of rotatable bonds is 1. The summed E-state index contributed by atoms with van der Waals surface area (Å²) in [7, 11) is 0. The van der Waals surface area contributed by atoms with Crippen LogP contribution in [0.25, 0.3) is 0 Å². The third-order valence-electron chi connectivity index (χ3n) is 0.551. The molecule has 6 heteroatoms. The van der Waals surface area contributed by atoms with Crippen molar-refractivity contribution in [2.24, 2.45) is 17.4 Å². The zero-order chi connectivity index (χ0) is 8.41. The van der Waals surface area contributed by atoms with Crippen LogP contribution >= 0.6 is 0 Å². The Hall–Kier alpha value is -0.850. The minimum absolute atomic E-state index is 0.602. The molecule has 0 aromatic carbocycles. The van der Waals surface area contributed by atoms with Crippen molar-refractivity contribution in [2.45, 2.75) is 13.3 Å². The summed E-state index contributed by atoms with van der Waals surface area (Å²) in [5.41, 5.74) is 8.51. The molecular formula is C4H15N5O. The summed E-state index contributed by atoms with van der Waals surface area (Å²) in [5.74, 6) is 9.08. The summed E-state index contributed by atoms with van der Waals surface area (Å²) in [4.78, 5) is 9.71. The van der Waals surface area contributed by atoms with Gasteiger partial charge >= 0.3 is 6.03 Å². The van der Waals surface area contributed by atoms with E-state index in [-0.39, 0.29) is 0 Å². The molecule has 0 rings (SSSR count). The lowest BCUT2D eigenvalue weighted by atomic mass is 10.5. The topological polar surface area (TPSA) is 119 Å². The Morgan fingerprint density at radius 1 is 1.40 bits per heavy atom. The summed E-state index contributed by atoms with van der Waals surface area (Å²) < 4.78 is 0. The van der Waals surface area contributed by atoms with E-state index < -0.39 is 6.03 Å². The molecule has 0 saturated heterocycles. The Balaban J connectivity index is 0. The van der Waals surface area contributed by atoms with Gasteiger partial charge in [-0.1, -0.05) is 6.92 Å². The van der Waals surface area contributed by atoms with E-state index in [0.29, 0.717) is 0 Å². The number of nitrogens with two attached hydrogens (primary N) is 3. The van der Waals surface area contributed by atoms with Crippen molar-refractivity contribution in [3.63, 3.8) is 0 Å². The lowest BCUT2D eigenvalue weighted by molar-refractivity contribution is 0.241. The van der Waals surface area contributed by atoms with E-state index in [1.165, 1.54) is 0 Å². The van der Waals surface area contributed by atoms with Crippen molar-refractivity contribution in [3.05, 3.63) is 0 Å². The highest BCUT2D eigenvalue weighted by atomic mass is 16.2. The number of nitrogens with one attached hydrogen (secondary N) is 2. The number of hydrogen-bond acceptors (Lipinski definition) is 4. The van der Waals surface area contributed by atoms with Gasteiger partial charge in [-0.25, -0.2) is 16.5 Å². The van der Waals surface area contributed by atoms with Crippen molar-refractivity contribution in [3.8, 4) is 0 Å². The van der Waals surface area contributed by atoms with Gasteiger partial charge in [-0.3, -0.25) is 10.9 Å². The van der Waals surface area contributed by atoms with Crippen LogP contribution in [0.3, 0.4) is 0 Å². The van der Waals surface area contributed by atoms with Gasteiger partial charge in [-0.2, -0.15) is 0 Å². The van der Waals surface area contributed by atoms with Gasteiger partial charge < -0.3 is 5.73 Å². The Bertz CT molecular complexity index is 68.0. The summed E-state index contributed by atoms with van der Waals surface area (Å²) in [5, 5.41) is 0. The van der Waals surface area contributed by atoms with Gasteiger partial charge in [0.25, 0.3) is 0 Å². The Labute approximate surface area is 60.1 Å². The zero-order valence-corrected chi connectivity index (χ0v) is 6.05. The molecule has 0 aromatic rings. The highest BCUT2D eigenvalue weighted by Gasteiger charge is 1.82. The first-order valence-electron chi connectivity index (χ1n) is 2.90. The van der Waals surface area contributed by atoms with E-state index in [1.807, 2.05) is 0 Å². The fourth-order valence-electron chi connectivity index (χ4n) is 0.0417. The minimum atomic E-state index is -0.602. The molecule has 0 spiro atoms. The maximum Gasteiger partial charge on any atom is 0.343 e. The summed E-state index contributed by atoms with van der Waals surface area (Å²) in [6.07, 6.45) is 1.10. The highest BCUT2D eigenvalue weighted by molar-refractivity contribution is 5.72. The van der Waals surface area contributed by atoms with Crippen molar-refractivity contribution in [1.29, 1.82) is 0 Å². The Morgan fingerprint density at radius 3 is 1.70 bits per heavy atom. The molecular weight excluding hydrogens is 134 g/mol. The van der Waals surface area contributed by atoms with E-state index in [9.17, 15) is 4.79 Å².